The van der Waals surface area contributed by atoms with Gasteiger partial charge >= 0.3 is 0 Å². The van der Waals surface area contributed by atoms with E-state index < -0.39 is 5.91 Å². The lowest BCUT2D eigenvalue weighted by molar-refractivity contribution is -0.117. The van der Waals surface area contributed by atoms with Gasteiger partial charge in [-0.25, -0.2) is 0 Å². The third kappa shape index (κ3) is 2.39. The first-order chi connectivity index (χ1) is 8.91. The Balaban J connectivity index is 2.25. The van der Waals surface area contributed by atoms with E-state index in [0.29, 0.717) is 10.6 Å². The predicted molar refractivity (Wildman–Crippen MR) is 73.9 cm³/mol. The zero-order valence-electron chi connectivity index (χ0n) is 10.7. The molecule has 0 atom stereocenters. The lowest BCUT2D eigenvalue weighted by Gasteiger charge is -2.02. The van der Waals surface area contributed by atoms with Gasteiger partial charge in [0.15, 0.2) is 0 Å². The summed E-state index contributed by atoms with van der Waals surface area (Å²) in [6.45, 7) is 2.05. The number of thiophene rings is 1. The number of aryl methyl sites for hydroxylation is 2. The summed E-state index contributed by atoms with van der Waals surface area (Å²) < 4.78 is 1.70. The Bertz CT molecular complexity index is 658. The highest BCUT2D eigenvalue weighted by atomic mass is 32.1. The molecule has 5 N–H and O–H groups in total. The molecule has 0 bridgehead atoms. The molecule has 0 radical (unpaired) electrons. The first-order valence-corrected chi connectivity index (χ1v) is 6.51. The molecule has 0 saturated heterocycles. The van der Waals surface area contributed by atoms with Crippen molar-refractivity contribution in [3.8, 4) is 0 Å². The quantitative estimate of drug-likeness (QED) is 0.738. The molecule has 0 aromatic carbocycles. The zero-order valence-corrected chi connectivity index (χ0v) is 11.5. The van der Waals surface area contributed by atoms with Crippen LogP contribution in [0.15, 0.2) is 0 Å². The van der Waals surface area contributed by atoms with Crippen LogP contribution in [-0.4, -0.2) is 28.1 Å². The molecule has 2 aromatic heterocycles. The van der Waals surface area contributed by atoms with Gasteiger partial charge in [0.25, 0.3) is 5.91 Å². The first kappa shape index (κ1) is 13.3. The van der Waals surface area contributed by atoms with Crippen molar-refractivity contribution in [2.24, 2.45) is 12.8 Å². The van der Waals surface area contributed by atoms with Gasteiger partial charge < -0.3 is 16.8 Å². The predicted octanol–water partition coefficient (Wildman–Crippen LogP) is 0.131. The molecule has 0 aliphatic heterocycles. The fraction of sp³-hybridized carbons (Fsp3) is 0.364. The van der Waals surface area contributed by atoms with Gasteiger partial charge in [-0.3, -0.25) is 14.3 Å². The van der Waals surface area contributed by atoms with E-state index in [0.717, 1.165) is 15.9 Å². The van der Waals surface area contributed by atoms with E-state index in [1.807, 2.05) is 6.92 Å². The molecule has 19 heavy (non-hydrogen) atoms. The minimum Gasteiger partial charge on any atom is -0.397 e. The Morgan fingerprint density at radius 3 is 2.74 bits per heavy atom. The monoisotopic (exact) mass is 281 g/mol. The second-order valence-corrected chi connectivity index (χ2v) is 5.21. The molecule has 0 fully saturated rings. The van der Waals surface area contributed by atoms with E-state index in [1.54, 1.807) is 11.7 Å². The summed E-state index contributed by atoms with van der Waals surface area (Å²) in [5, 5.41) is 7.69. The van der Waals surface area contributed by atoms with Crippen LogP contribution in [-0.2, 0) is 11.8 Å². The highest BCUT2D eigenvalue weighted by Gasteiger charge is 2.20. The van der Waals surface area contributed by atoms with Crippen LogP contribution in [0.2, 0.25) is 0 Å². The Morgan fingerprint density at radius 1 is 1.47 bits per heavy atom. The van der Waals surface area contributed by atoms with E-state index >= 15 is 0 Å². The van der Waals surface area contributed by atoms with Gasteiger partial charge in [0.2, 0.25) is 5.91 Å². The van der Waals surface area contributed by atoms with E-state index in [9.17, 15) is 9.59 Å². The minimum absolute atomic E-state index is 0.108. The van der Waals surface area contributed by atoms with Gasteiger partial charge in [0.1, 0.15) is 9.71 Å². The fourth-order valence-electron chi connectivity index (χ4n) is 1.88. The van der Waals surface area contributed by atoms with Crippen molar-refractivity contribution in [1.29, 1.82) is 0 Å². The second kappa shape index (κ2) is 4.88. The molecule has 0 spiro atoms. The average molecular weight is 281 g/mol. The average Bonchev–Trinajstić information content (AvgIpc) is 2.79. The summed E-state index contributed by atoms with van der Waals surface area (Å²) >= 11 is 1.29. The van der Waals surface area contributed by atoms with E-state index in [4.69, 9.17) is 11.5 Å². The third-order valence-corrected chi connectivity index (χ3v) is 4.02. The molecule has 0 aliphatic carbocycles. The maximum atomic E-state index is 12.0. The lowest BCUT2D eigenvalue weighted by atomic mass is 10.2. The van der Waals surface area contributed by atoms with Crippen molar-refractivity contribution < 1.29 is 9.59 Å². The number of nitrogens with zero attached hydrogens (tertiary/aromatic N) is 2. The van der Waals surface area contributed by atoms with Crippen LogP contribution in [0.3, 0.4) is 0 Å². The second-order valence-electron chi connectivity index (χ2n) is 4.21. The van der Waals surface area contributed by atoms with E-state index in [1.165, 1.54) is 11.3 Å². The molecule has 102 valence electrons. The summed E-state index contributed by atoms with van der Waals surface area (Å²) in [6, 6.07) is 0. The summed E-state index contributed by atoms with van der Waals surface area (Å²) in [5.41, 5.74) is 12.2. The largest absolute Gasteiger partial charge is 0.397 e. The fourth-order valence-corrected chi connectivity index (χ4v) is 2.98. The number of anilines is 1. The van der Waals surface area contributed by atoms with Crippen LogP contribution in [0.5, 0.6) is 0 Å². The van der Waals surface area contributed by atoms with Crippen molar-refractivity contribution >= 4 is 39.1 Å². The Kier molecular flexibility index (Phi) is 3.43. The number of nitrogens with one attached hydrogen (secondary N) is 1. The summed E-state index contributed by atoms with van der Waals surface area (Å²) in [7, 11) is 1.81. The number of hydrogen-bond donors (Lipinski definition) is 3. The van der Waals surface area contributed by atoms with Crippen LogP contribution in [0.25, 0.3) is 10.2 Å². The van der Waals surface area contributed by atoms with Crippen molar-refractivity contribution in [2.75, 3.05) is 12.3 Å². The van der Waals surface area contributed by atoms with Crippen LogP contribution < -0.4 is 16.8 Å². The molecular formula is C11H15N5O2S. The number of nitrogens with two attached hydrogens (primary N) is 2. The molecule has 2 rings (SSSR count). The highest BCUT2D eigenvalue weighted by Crippen LogP contribution is 2.35. The van der Waals surface area contributed by atoms with Gasteiger partial charge in [-0.05, 0) is 6.92 Å². The number of carbonyl (C=O) groups is 2. The molecule has 0 aliphatic rings. The van der Waals surface area contributed by atoms with Crippen molar-refractivity contribution in [3.05, 3.63) is 10.6 Å². The van der Waals surface area contributed by atoms with Gasteiger partial charge in [-0.2, -0.15) is 5.10 Å². The van der Waals surface area contributed by atoms with Gasteiger partial charge in [0, 0.05) is 20.0 Å². The van der Waals surface area contributed by atoms with Crippen LogP contribution in [0.4, 0.5) is 5.69 Å². The number of primary amides is 1. The third-order valence-electron chi connectivity index (χ3n) is 2.75. The Hall–Kier alpha value is -2.09. The number of hydrogen-bond acceptors (Lipinski definition) is 5. The molecular weight excluding hydrogens is 266 g/mol. The smallest absolute Gasteiger partial charge is 0.263 e. The summed E-state index contributed by atoms with van der Waals surface area (Å²) in [4.78, 5) is 23.9. The normalized spacial score (nSPS) is 10.8. The lowest BCUT2D eigenvalue weighted by Crippen LogP contribution is -2.27. The molecule has 2 aromatic rings. The standard InChI is InChI=1S/C11H15N5O2S/c1-5-7-8(13)9(19-11(7)16(2)15-5)10(18)14-4-3-6(12)17/h3-4,13H2,1-2H3,(H2,12,17)(H,14,18). The number of aromatic nitrogens is 2. The highest BCUT2D eigenvalue weighted by molar-refractivity contribution is 7.21. The van der Waals surface area contributed by atoms with Crippen molar-refractivity contribution in [3.63, 3.8) is 0 Å². The van der Waals surface area contributed by atoms with Gasteiger partial charge in [-0.15, -0.1) is 11.3 Å². The molecule has 8 heteroatoms. The van der Waals surface area contributed by atoms with Crippen molar-refractivity contribution in [1.82, 2.24) is 15.1 Å². The Morgan fingerprint density at radius 2 is 2.16 bits per heavy atom. The van der Waals surface area contributed by atoms with E-state index in [2.05, 4.69) is 10.4 Å². The number of fused-ring (bicyclic) bond motifs is 1. The molecule has 2 amide bonds. The number of rotatable bonds is 4. The molecule has 0 unspecified atom stereocenters. The van der Waals surface area contributed by atoms with E-state index in [-0.39, 0.29) is 18.9 Å². The van der Waals surface area contributed by atoms with Crippen molar-refractivity contribution in [2.45, 2.75) is 13.3 Å². The maximum Gasteiger partial charge on any atom is 0.263 e. The molecule has 2 heterocycles. The molecule has 7 nitrogen and oxygen atoms in total. The number of nitrogen functional groups attached to an aromatic ring is 1. The minimum atomic E-state index is -0.454. The van der Waals surface area contributed by atoms with Crippen LogP contribution >= 0.6 is 11.3 Å². The summed E-state index contributed by atoms with van der Waals surface area (Å²) in [6.07, 6.45) is 0.108. The Labute approximate surface area is 113 Å². The summed E-state index contributed by atoms with van der Waals surface area (Å²) in [5.74, 6) is -0.746. The maximum absolute atomic E-state index is 12.0. The first-order valence-electron chi connectivity index (χ1n) is 5.70. The van der Waals surface area contributed by atoms with Crippen LogP contribution in [0.1, 0.15) is 21.8 Å². The zero-order chi connectivity index (χ0) is 14.2. The van der Waals surface area contributed by atoms with Crippen LogP contribution in [0, 0.1) is 6.92 Å². The number of amides is 2. The van der Waals surface area contributed by atoms with Gasteiger partial charge in [-0.1, -0.05) is 0 Å². The SMILES string of the molecule is Cc1nn(C)c2sc(C(=O)NCCC(N)=O)c(N)c12. The molecule has 0 saturated carbocycles. The van der Waals surface area contributed by atoms with Gasteiger partial charge in [0.05, 0.1) is 16.8 Å². The topological polar surface area (TPSA) is 116 Å². The number of carbonyl (C=O) groups excluding carboxylic acids is 2.